The van der Waals surface area contributed by atoms with Crippen molar-refractivity contribution in [1.82, 2.24) is 4.98 Å². The van der Waals surface area contributed by atoms with Gasteiger partial charge < -0.3 is 14.6 Å². The van der Waals surface area contributed by atoms with Crippen LogP contribution in [0.1, 0.15) is 13.3 Å². The summed E-state index contributed by atoms with van der Waals surface area (Å²) in [5.74, 6) is -1.48. The third-order valence-electron chi connectivity index (χ3n) is 2.49. The van der Waals surface area contributed by atoms with Crippen LogP contribution in [0.2, 0.25) is 0 Å². The summed E-state index contributed by atoms with van der Waals surface area (Å²) in [6.45, 7) is 1.78. The number of anilines is 1. The number of aromatic nitrogens is 1. The molecule has 1 amide bonds. The number of aromatic amines is 1. The van der Waals surface area contributed by atoms with Gasteiger partial charge in [0, 0.05) is 19.4 Å². The fraction of sp³-hybridized carbons (Fsp3) is 0.455. The molecule has 1 unspecified atom stereocenters. The van der Waals surface area contributed by atoms with E-state index in [2.05, 4.69) is 9.72 Å². The van der Waals surface area contributed by atoms with Crippen LogP contribution in [0.4, 0.5) is 5.69 Å². The van der Waals surface area contributed by atoms with E-state index in [0.29, 0.717) is 6.42 Å². The molecule has 1 rings (SSSR count). The number of rotatable bonds is 4. The van der Waals surface area contributed by atoms with E-state index in [1.165, 1.54) is 12.0 Å². The van der Waals surface area contributed by atoms with Crippen LogP contribution in [-0.2, 0) is 14.3 Å². The maximum Gasteiger partial charge on any atom is 0.318 e. The third-order valence-corrected chi connectivity index (χ3v) is 2.49. The van der Waals surface area contributed by atoms with Crippen LogP contribution in [0.3, 0.4) is 0 Å². The lowest BCUT2D eigenvalue weighted by atomic mass is 10.1. The minimum Gasteiger partial charge on any atom is -0.468 e. The van der Waals surface area contributed by atoms with Crippen LogP contribution in [0, 0.1) is 5.92 Å². The molecule has 1 aromatic rings. The summed E-state index contributed by atoms with van der Waals surface area (Å²) in [5.41, 5.74) is 0.729. The van der Waals surface area contributed by atoms with Crippen molar-refractivity contribution in [3.05, 3.63) is 18.5 Å². The molecule has 0 saturated carbocycles. The van der Waals surface area contributed by atoms with E-state index in [9.17, 15) is 9.59 Å². The minimum atomic E-state index is -0.732. The topological polar surface area (TPSA) is 62.4 Å². The predicted octanol–water partition coefficient (Wildman–Crippen LogP) is 1.18. The standard InChI is InChI=1S/C11H16N2O3/c1-4-9(11(15)16-3)10(14)13(2)8-5-6-12-7-8/h5-7,9,12H,4H2,1-3H3. The van der Waals surface area contributed by atoms with Crippen molar-refractivity contribution in [2.75, 3.05) is 19.1 Å². The molecule has 0 aliphatic heterocycles. The van der Waals surface area contributed by atoms with Gasteiger partial charge in [0.2, 0.25) is 5.91 Å². The molecular formula is C11H16N2O3. The Morgan fingerprint density at radius 3 is 2.69 bits per heavy atom. The molecule has 1 heterocycles. The molecule has 5 heteroatoms. The Morgan fingerprint density at radius 2 is 2.25 bits per heavy atom. The number of amides is 1. The third kappa shape index (κ3) is 2.42. The normalized spacial score (nSPS) is 11.9. The summed E-state index contributed by atoms with van der Waals surface area (Å²) < 4.78 is 4.60. The second-order valence-corrected chi connectivity index (χ2v) is 3.45. The van der Waals surface area contributed by atoms with Crippen LogP contribution < -0.4 is 4.90 Å². The van der Waals surface area contributed by atoms with Gasteiger partial charge in [0.05, 0.1) is 12.8 Å². The summed E-state index contributed by atoms with van der Waals surface area (Å²) in [7, 11) is 2.92. The molecule has 0 aromatic carbocycles. The fourth-order valence-corrected chi connectivity index (χ4v) is 1.47. The van der Waals surface area contributed by atoms with Crippen molar-refractivity contribution >= 4 is 17.6 Å². The monoisotopic (exact) mass is 224 g/mol. The van der Waals surface area contributed by atoms with Gasteiger partial charge in [-0.15, -0.1) is 0 Å². The average molecular weight is 224 g/mol. The highest BCUT2D eigenvalue weighted by molar-refractivity contribution is 6.05. The first-order chi connectivity index (χ1) is 7.61. The Hall–Kier alpha value is -1.78. The number of methoxy groups -OCH3 is 1. The molecule has 0 spiro atoms. The lowest BCUT2D eigenvalue weighted by Crippen LogP contribution is -2.37. The summed E-state index contributed by atoms with van der Waals surface area (Å²) in [6, 6.07) is 1.77. The number of H-pyrrole nitrogens is 1. The highest BCUT2D eigenvalue weighted by Gasteiger charge is 2.28. The van der Waals surface area contributed by atoms with Crippen LogP contribution in [0.25, 0.3) is 0 Å². The highest BCUT2D eigenvalue weighted by atomic mass is 16.5. The quantitative estimate of drug-likeness (QED) is 0.617. The summed E-state index contributed by atoms with van der Waals surface area (Å²) >= 11 is 0. The Labute approximate surface area is 94.4 Å². The largest absolute Gasteiger partial charge is 0.468 e. The van der Waals surface area contributed by atoms with Crippen LogP contribution >= 0.6 is 0 Å². The van der Waals surface area contributed by atoms with Crippen molar-refractivity contribution in [3.8, 4) is 0 Å². The van der Waals surface area contributed by atoms with Gasteiger partial charge in [-0.25, -0.2) is 0 Å². The molecule has 0 aliphatic rings. The van der Waals surface area contributed by atoms with E-state index in [1.807, 2.05) is 0 Å². The molecule has 0 saturated heterocycles. The maximum atomic E-state index is 12.0. The molecule has 16 heavy (non-hydrogen) atoms. The first kappa shape index (κ1) is 12.3. The number of esters is 1. The molecule has 88 valence electrons. The zero-order chi connectivity index (χ0) is 12.1. The Morgan fingerprint density at radius 1 is 1.56 bits per heavy atom. The number of ether oxygens (including phenoxy) is 1. The maximum absolute atomic E-state index is 12.0. The van der Waals surface area contributed by atoms with Crippen molar-refractivity contribution in [2.24, 2.45) is 5.92 Å². The lowest BCUT2D eigenvalue weighted by molar-refractivity contribution is -0.149. The van der Waals surface area contributed by atoms with Crippen molar-refractivity contribution < 1.29 is 14.3 Å². The SMILES string of the molecule is CCC(C(=O)OC)C(=O)N(C)c1cc[nH]c1. The average Bonchev–Trinajstić information content (AvgIpc) is 2.81. The molecule has 1 aromatic heterocycles. The van der Waals surface area contributed by atoms with Gasteiger partial charge in [-0.1, -0.05) is 6.92 Å². The molecule has 1 N–H and O–H groups in total. The molecule has 0 bridgehead atoms. The van der Waals surface area contributed by atoms with Gasteiger partial charge in [0.25, 0.3) is 0 Å². The Balaban J connectivity index is 2.79. The van der Waals surface area contributed by atoms with Crippen molar-refractivity contribution in [2.45, 2.75) is 13.3 Å². The first-order valence-electron chi connectivity index (χ1n) is 5.10. The molecular weight excluding hydrogens is 208 g/mol. The zero-order valence-corrected chi connectivity index (χ0v) is 9.69. The number of carbonyl (C=O) groups excluding carboxylic acids is 2. The number of hydrogen-bond donors (Lipinski definition) is 1. The van der Waals surface area contributed by atoms with Crippen LogP contribution in [0.15, 0.2) is 18.5 Å². The van der Waals surface area contributed by atoms with Gasteiger partial charge in [0.15, 0.2) is 0 Å². The van der Waals surface area contributed by atoms with Gasteiger partial charge in [-0.05, 0) is 12.5 Å². The van der Waals surface area contributed by atoms with Gasteiger partial charge >= 0.3 is 5.97 Å². The first-order valence-corrected chi connectivity index (χ1v) is 5.10. The summed E-state index contributed by atoms with van der Waals surface area (Å²) in [4.78, 5) is 27.7. The summed E-state index contributed by atoms with van der Waals surface area (Å²) in [6.07, 6.45) is 3.85. The van der Waals surface area contributed by atoms with E-state index in [1.54, 1.807) is 32.4 Å². The van der Waals surface area contributed by atoms with Gasteiger partial charge in [-0.2, -0.15) is 0 Å². The predicted molar refractivity (Wildman–Crippen MR) is 60.0 cm³/mol. The van der Waals surface area contributed by atoms with Crippen molar-refractivity contribution in [3.63, 3.8) is 0 Å². The second kappa shape index (κ2) is 5.34. The van der Waals surface area contributed by atoms with E-state index in [4.69, 9.17) is 0 Å². The van der Waals surface area contributed by atoms with E-state index in [0.717, 1.165) is 5.69 Å². The molecule has 0 aliphatic carbocycles. The molecule has 0 fully saturated rings. The molecule has 0 radical (unpaired) electrons. The Kier molecular flexibility index (Phi) is 4.10. The van der Waals surface area contributed by atoms with E-state index in [-0.39, 0.29) is 5.91 Å². The Bertz CT molecular complexity index is 359. The minimum absolute atomic E-state index is 0.256. The second-order valence-electron chi connectivity index (χ2n) is 3.45. The highest BCUT2D eigenvalue weighted by Crippen LogP contribution is 2.16. The number of nitrogens with zero attached hydrogens (tertiary/aromatic N) is 1. The fourth-order valence-electron chi connectivity index (χ4n) is 1.47. The number of hydrogen-bond acceptors (Lipinski definition) is 3. The van der Waals surface area contributed by atoms with Gasteiger partial charge in [0.1, 0.15) is 5.92 Å². The van der Waals surface area contributed by atoms with E-state index >= 15 is 0 Å². The van der Waals surface area contributed by atoms with Crippen LogP contribution in [-0.4, -0.2) is 31.0 Å². The van der Waals surface area contributed by atoms with Crippen LogP contribution in [0.5, 0.6) is 0 Å². The van der Waals surface area contributed by atoms with Crippen molar-refractivity contribution in [1.29, 1.82) is 0 Å². The smallest absolute Gasteiger partial charge is 0.318 e. The number of carbonyl (C=O) groups is 2. The molecule has 1 atom stereocenters. The lowest BCUT2D eigenvalue weighted by Gasteiger charge is -2.20. The van der Waals surface area contributed by atoms with E-state index < -0.39 is 11.9 Å². The van der Waals surface area contributed by atoms with Gasteiger partial charge in [-0.3, -0.25) is 9.59 Å². The zero-order valence-electron chi connectivity index (χ0n) is 9.69. The summed E-state index contributed by atoms with van der Waals surface area (Å²) in [5, 5.41) is 0. The molecule has 5 nitrogen and oxygen atoms in total. The number of nitrogens with one attached hydrogen (secondary N) is 1.